The first-order valence-electron chi connectivity index (χ1n) is 11.8. The molecule has 0 aromatic heterocycles. The van der Waals surface area contributed by atoms with Crippen molar-refractivity contribution in [3.63, 3.8) is 0 Å². The fourth-order valence-corrected chi connectivity index (χ4v) is 3.90. The predicted octanol–water partition coefficient (Wildman–Crippen LogP) is 6.10. The molecule has 0 aliphatic carbocycles. The smallest absolute Gasteiger partial charge is 0.162 e. The average molecular weight is 380 g/mol. The quantitative estimate of drug-likeness (QED) is 0.223. The fraction of sp³-hybridized carbons (Fsp3) is 0.875. The van der Waals surface area contributed by atoms with Crippen molar-refractivity contribution < 1.29 is 9.90 Å². The SMILES string of the molecule is CCCCCCCC/C=C\CCCCCCCCC(=O)C(O)[C@@H]1CCCN1. The van der Waals surface area contributed by atoms with Gasteiger partial charge in [-0.2, -0.15) is 0 Å². The number of carbonyl (C=O) groups excluding carboxylic acids is 1. The third kappa shape index (κ3) is 13.2. The second-order valence-electron chi connectivity index (χ2n) is 8.30. The zero-order valence-corrected chi connectivity index (χ0v) is 17.9. The Morgan fingerprint density at radius 2 is 1.48 bits per heavy atom. The number of unbranched alkanes of at least 4 members (excludes halogenated alkanes) is 12. The lowest BCUT2D eigenvalue weighted by Crippen LogP contribution is -2.40. The molecule has 0 aromatic rings. The van der Waals surface area contributed by atoms with Crippen molar-refractivity contribution in [2.75, 3.05) is 6.54 Å². The molecule has 2 atom stereocenters. The van der Waals surface area contributed by atoms with Crippen LogP contribution in [0.4, 0.5) is 0 Å². The van der Waals surface area contributed by atoms with Gasteiger partial charge < -0.3 is 10.4 Å². The van der Waals surface area contributed by atoms with E-state index in [1.165, 1.54) is 77.0 Å². The minimum absolute atomic E-state index is 0.00612. The molecule has 0 spiro atoms. The van der Waals surface area contributed by atoms with Crippen LogP contribution in [0.5, 0.6) is 0 Å². The van der Waals surface area contributed by atoms with E-state index in [1.807, 2.05) is 0 Å². The monoisotopic (exact) mass is 379 g/mol. The van der Waals surface area contributed by atoms with Gasteiger partial charge in [0.15, 0.2) is 5.78 Å². The Balaban J connectivity index is 1.81. The molecule has 3 heteroatoms. The second kappa shape index (κ2) is 17.4. The van der Waals surface area contributed by atoms with E-state index in [1.54, 1.807) is 0 Å². The summed E-state index contributed by atoms with van der Waals surface area (Å²) >= 11 is 0. The van der Waals surface area contributed by atoms with Crippen LogP contribution >= 0.6 is 0 Å². The van der Waals surface area contributed by atoms with Crippen molar-refractivity contribution in [3.05, 3.63) is 12.2 Å². The summed E-state index contributed by atoms with van der Waals surface area (Å²) in [5.74, 6) is 0.0323. The molecule has 1 aliphatic rings. The first-order valence-corrected chi connectivity index (χ1v) is 11.8. The molecule has 2 N–H and O–H groups in total. The molecule has 1 fully saturated rings. The summed E-state index contributed by atoms with van der Waals surface area (Å²) in [5.41, 5.74) is 0. The summed E-state index contributed by atoms with van der Waals surface area (Å²) < 4.78 is 0. The van der Waals surface area contributed by atoms with Gasteiger partial charge in [-0.25, -0.2) is 0 Å². The van der Waals surface area contributed by atoms with Crippen LogP contribution in [0.3, 0.4) is 0 Å². The van der Waals surface area contributed by atoms with Crippen LogP contribution in [0.1, 0.15) is 116 Å². The van der Waals surface area contributed by atoms with Gasteiger partial charge in [-0.3, -0.25) is 4.79 Å². The Hall–Kier alpha value is -0.670. The number of aliphatic hydroxyl groups excluding tert-OH is 1. The van der Waals surface area contributed by atoms with E-state index >= 15 is 0 Å². The molecule has 0 bridgehead atoms. The number of allylic oxidation sites excluding steroid dienone is 2. The van der Waals surface area contributed by atoms with Gasteiger partial charge in [0, 0.05) is 12.5 Å². The van der Waals surface area contributed by atoms with Crippen molar-refractivity contribution in [2.45, 2.75) is 128 Å². The maximum Gasteiger partial charge on any atom is 0.162 e. The summed E-state index contributed by atoms with van der Waals surface area (Å²) in [5, 5.41) is 13.2. The molecule has 1 rings (SSSR count). The Morgan fingerprint density at radius 1 is 0.926 bits per heavy atom. The van der Waals surface area contributed by atoms with Crippen molar-refractivity contribution in [1.82, 2.24) is 5.32 Å². The molecule has 0 amide bonds. The molecule has 1 unspecified atom stereocenters. The second-order valence-corrected chi connectivity index (χ2v) is 8.30. The molecule has 0 aromatic carbocycles. The number of nitrogens with one attached hydrogen (secondary N) is 1. The molecular formula is C24H45NO2. The Morgan fingerprint density at radius 3 is 2.04 bits per heavy atom. The van der Waals surface area contributed by atoms with E-state index in [4.69, 9.17) is 0 Å². The number of rotatable bonds is 18. The number of ketones is 1. The molecule has 3 nitrogen and oxygen atoms in total. The summed E-state index contributed by atoms with van der Waals surface area (Å²) in [4.78, 5) is 12.0. The molecule has 27 heavy (non-hydrogen) atoms. The van der Waals surface area contributed by atoms with E-state index in [-0.39, 0.29) is 11.8 Å². The lowest BCUT2D eigenvalue weighted by atomic mass is 10.00. The summed E-state index contributed by atoms with van der Waals surface area (Å²) in [6, 6.07) is 0.00612. The summed E-state index contributed by atoms with van der Waals surface area (Å²) in [6.45, 7) is 3.20. The zero-order chi connectivity index (χ0) is 19.6. The van der Waals surface area contributed by atoms with Crippen molar-refractivity contribution in [1.29, 1.82) is 0 Å². The minimum Gasteiger partial charge on any atom is -0.384 e. The number of aliphatic hydroxyl groups is 1. The van der Waals surface area contributed by atoms with Gasteiger partial charge in [-0.1, -0.05) is 76.9 Å². The first kappa shape index (κ1) is 24.4. The van der Waals surface area contributed by atoms with Crippen LogP contribution in [0.25, 0.3) is 0 Å². The molecule has 1 heterocycles. The standard InChI is InChI=1S/C24H45NO2/c1-2-3-4-5-6-7-8-9-10-11-12-13-14-15-16-17-20-23(26)24(27)22-19-18-21-25-22/h9-10,22,24-25,27H,2-8,11-21H2,1H3/b10-9-/t22-,24?/m0/s1. The van der Waals surface area contributed by atoms with Crippen LogP contribution in [-0.2, 0) is 4.79 Å². The van der Waals surface area contributed by atoms with Crippen molar-refractivity contribution >= 4 is 5.78 Å². The van der Waals surface area contributed by atoms with Gasteiger partial charge in [0.25, 0.3) is 0 Å². The topological polar surface area (TPSA) is 49.3 Å². The van der Waals surface area contributed by atoms with Crippen molar-refractivity contribution in [2.24, 2.45) is 0 Å². The molecule has 158 valence electrons. The van der Waals surface area contributed by atoms with Crippen LogP contribution in [0.15, 0.2) is 12.2 Å². The van der Waals surface area contributed by atoms with Crippen LogP contribution < -0.4 is 5.32 Å². The Kier molecular flexibility index (Phi) is 15.7. The van der Waals surface area contributed by atoms with E-state index in [9.17, 15) is 9.90 Å². The summed E-state index contributed by atoms with van der Waals surface area (Å²) in [6.07, 6.45) is 24.4. The zero-order valence-electron chi connectivity index (χ0n) is 17.9. The minimum atomic E-state index is -0.782. The first-order chi connectivity index (χ1) is 13.3. The number of hydrogen-bond donors (Lipinski definition) is 2. The van der Waals surface area contributed by atoms with Crippen LogP contribution in [-0.4, -0.2) is 29.6 Å². The highest BCUT2D eigenvalue weighted by Gasteiger charge is 2.27. The Labute approximate surface area is 168 Å². The van der Waals surface area contributed by atoms with Gasteiger partial charge in [0.1, 0.15) is 6.10 Å². The average Bonchev–Trinajstić information content (AvgIpc) is 3.21. The lowest BCUT2D eigenvalue weighted by Gasteiger charge is -2.16. The highest BCUT2D eigenvalue weighted by molar-refractivity contribution is 5.83. The Bertz CT molecular complexity index is 375. The van der Waals surface area contributed by atoms with E-state index in [0.29, 0.717) is 6.42 Å². The lowest BCUT2D eigenvalue weighted by molar-refractivity contribution is -0.128. The van der Waals surface area contributed by atoms with Gasteiger partial charge in [-0.15, -0.1) is 0 Å². The normalized spacial score (nSPS) is 18.4. The van der Waals surface area contributed by atoms with Crippen LogP contribution in [0, 0.1) is 0 Å². The van der Waals surface area contributed by atoms with E-state index < -0.39 is 6.10 Å². The van der Waals surface area contributed by atoms with Gasteiger partial charge in [0.05, 0.1) is 0 Å². The van der Waals surface area contributed by atoms with E-state index in [2.05, 4.69) is 24.4 Å². The van der Waals surface area contributed by atoms with E-state index in [0.717, 1.165) is 32.2 Å². The third-order valence-corrected chi connectivity index (χ3v) is 5.74. The fourth-order valence-electron chi connectivity index (χ4n) is 3.90. The molecule has 1 aliphatic heterocycles. The molecule has 1 saturated heterocycles. The maximum atomic E-state index is 12.0. The maximum absolute atomic E-state index is 12.0. The third-order valence-electron chi connectivity index (χ3n) is 5.74. The van der Waals surface area contributed by atoms with Gasteiger partial charge >= 0.3 is 0 Å². The highest BCUT2D eigenvalue weighted by atomic mass is 16.3. The molecule has 0 saturated carbocycles. The summed E-state index contributed by atoms with van der Waals surface area (Å²) in [7, 11) is 0. The number of Topliss-reactive ketones (excluding diaryl/α,β-unsaturated/α-hetero) is 1. The number of hydrogen-bond acceptors (Lipinski definition) is 3. The molecular weight excluding hydrogens is 334 g/mol. The molecule has 0 radical (unpaired) electrons. The number of carbonyl (C=O) groups is 1. The largest absolute Gasteiger partial charge is 0.384 e. The predicted molar refractivity (Wildman–Crippen MR) is 116 cm³/mol. The van der Waals surface area contributed by atoms with Gasteiger partial charge in [0.2, 0.25) is 0 Å². The van der Waals surface area contributed by atoms with Gasteiger partial charge in [-0.05, 0) is 51.5 Å². The van der Waals surface area contributed by atoms with Crippen LogP contribution in [0.2, 0.25) is 0 Å². The highest BCUT2D eigenvalue weighted by Crippen LogP contribution is 2.14. The van der Waals surface area contributed by atoms with Crippen molar-refractivity contribution in [3.8, 4) is 0 Å².